The fourth-order valence-electron chi connectivity index (χ4n) is 3.93. The maximum absolute atomic E-state index is 12.8. The van der Waals surface area contributed by atoms with Crippen molar-refractivity contribution in [2.45, 2.75) is 32.1 Å². The summed E-state index contributed by atoms with van der Waals surface area (Å²) in [7, 11) is 1.59. The monoisotopic (exact) mass is 454 g/mol. The molecule has 6 nitrogen and oxygen atoms in total. The predicted molar refractivity (Wildman–Crippen MR) is 123 cm³/mol. The molecule has 0 spiro atoms. The van der Waals surface area contributed by atoms with E-state index in [0.29, 0.717) is 41.9 Å². The van der Waals surface area contributed by atoms with Crippen molar-refractivity contribution in [3.05, 3.63) is 76.5 Å². The third-order valence-corrected chi connectivity index (χ3v) is 5.91. The number of benzene rings is 2. The molecule has 32 heavy (non-hydrogen) atoms. The van der Waals surface area contributed by atoms with Crippen LogP contribution in [0.25, 0.3) is 0 Å². The van der Waals surface area contributed by atoms with Gasteiger partial charge in [0.2, 0.25) is 0 Å². The van der Waals surface area contributed by atoms with Crippen LogP contribution in [0.5, 0.6) is 11.5 Å². The lowest BCUT2D eigenvalue weighted by molar-refractivity contribution is -0.134. The van der Waals surface area contributed by atoms with Crippen LogP contribution in [0.15, 0.2) is 53.1 Å². The number of hydrogen-bond acceptors (Lipinski definition) is 5. The van der Waals surface area contributed by atoms with Gasteiger partial charge in [0.15, 0.2) is 24.0 Å². The fourth-order valence-corrected chi connectivity index (χ4v) is 4.05. The van der Waals surface area contributed by atoms with Gasteiger partial charge in [0.1, 0.15) is 5.76 Å². The molecule has 0 aliphatic carbocycles. The molecule has 1 atom stereocenters. The zero-order chi connectivity index (χ0) is 22.5. The van der Waals surface area contributed by atoms with Gasteiger partial charge in [-0.2, -0.15) is 0 Å². The van der Waals surface area contributed by atoms with E-state index in [2.05, 4.69) is 4.98 Å². The number of ether oxygens (including phenoxy) is 2. The maximum atomic E-state index is 12.8. The van der Waals surface area contributed by atoms with E-state index in [4.69, 9.17) is 25.5 Å². The Kier molecular flexibility index (Phi) is 7.00. The Morgan fingerprint density at radius 3 is 2.81 bits per heavy atom. The zero-order valence-electron chi connectivity index (χ0n) is 18.3. The van der Waals surface area contributed by atoms with Crippen LogP contribution in [-0.2, 0) is 11.2 Å². The summed E-state index contributed by atoms with van der Waals surface area (Å²) in [5, 5.41) is 0.712. The van der Waals surface area contributed by atoms with Gasteiger partial charge in [0.05, 0.1) is 19.2 Å². The third-order valence-electron chi connectivity index (χ3n) is 5.66. The average molecular weight is 455 g/mol. The minimum Gasteiger partial charge on any atom is -0.493 e. The second kappa shape index (κ2) is 10.1. The summed E-state index contributed by atoms with van der Waals surface area (Å²) in [6.45, 7) is 3.24. The number of carbonyl (C=O) groups is 1. The van der Waals surface area contributed by atoms with E-state index in [0.717, 1.165) is 29.7 Å². The minimum absolute atomic E-state index is 0.0282. The molecule has 2 aromatic carbocycles. The quantitative estimate of drug-likeness (QED) is 0.501. The highest BCUT2D eigenvalue weighted by atomic mass is 35.5. The fraction of sp³-hybridized carbons (Fsp3) is 0.360. The average Bonchev–Trinajstić information content (AvgIpc) is 3.28. The lowest BCUT2D eigenvalue weighted by atomic mass is 9.98. The van der Waals surface area contributed by atoms with Crippen LogP contribution in [0, 0.1) is 6.92 Å². The molecule has 0 saturated carbocycles. The molecule has 3 aromatic rings. The van der Waals surface area contributed by atoms with Gasteiger partial charge in [-0.25, -0.2) is 4.98 Å². The van der Waals surface area contributed by atoms with Gasteiger partial charge in [-0.1, -0.05) is 29.8 Å². The molecule has 1 aromatic heterocycles. The molecular weight excluding hydrogens is 428 g/mol. The molecule has 168 valence electrons. The number of likely N-dealkylation sites (tertiary alicyclic amines) is 1. The van der Waals surface area contributed by atoms with Crippen LogP contribution in [0.1, 0.15) is 41.5 Å². The molecule has 1 aliphatic heterocycles. The summed E-state index contributed by atoms with van der Waals surface area (Å²) in [4.78, 5) is 19.1. The molecule has 1 fully saturated rings. The molecule has 2 heterocycles. The number of aromatic nitrogens is 1. The van der Waals surface area contributed by atoms with E-state index in [1.165, 1.54) is 0 Å². The highest BCUT2D eigenvalue weighted by Crippen LogP contribution is 2.29. The standard InChI is InChI=1S/C25H27ClN2O4/c1-17-5-10-22(23(12-17)30-2)31-16-24(29)28-11-3-4-19(15-28)25-27-14-21(32-25)13-18-6-8-20(26)9-7-18/h5-10,12,14,19H,3-4,11,13,15-16H2,1-2H3. The van der Waals surface area contributed by atoms with Crippen LogP contribution in [-0.4, -0.2) is 42.6 Å². The first-order valence-corrected chi connectivity index (χ1v) is 11.1. The Morgan fingerprint density at radius 2 is 2.03 bits per heavy atom. The number of rotatable bonds is 7. The topological polar surface area (TPSA) is 64.8 Å². The first-order chi connectivity index (χ1) is 15.5. The summed E-state index contributed by atoms with van der Waals surface area (Å²) < 4.78 is 17.1. The van der Waals surface area contributed by atoms with Crippen molar-refractivity contribution in [1.82, 2.24) is 9.88 Å². The first-order valence-electron chi connectivity index (χ1n) is 10.8. The van der Waals surface area contributed by atoms with E-state index in [9.17, 15) is 4.79 Å². The summed E-state index contributed by atoms with van der Waals surface area (Å²) >= 11 is 5.95. The van der Waals surface area contributed by atoms with Crippen LogP contribution in [0.2, 0.25) is 5.02 Å². The maximum Gasteiger partial charge on any atom is 0.260 e. The Morgan fingerprint density at radius 1 is 1.22 bits per heavy atom. The van der Waals surface area contributed by atoms with E-state index in [1.807, 2.05) is 54.3 Å². The van der Waals surface area contributed by atoms with E-state index in [-0.39, 0.29) is 18.4 Å². The SMILES string of the molecule is COc1cc(C)ccc1OCC(=O)N1CCCC(c2ncc(Cc3ccc(Cl)cc3)o2)C1. The van der Waals surface area contributed by atoms with Crippen LogP contribution >= 0.6 is 11.6 Å². The van der Waals surface area contributed by atoms with Crippen LogP contribution < -0.4 is 9.47 Å². The number of aryl methyl sites for hydroxylation is 1. The molecule has 0 bridgehead atoms. The number of nitrogens with zero attached hydrogens (tertiary/aromatic N) is 2. The minimum atomic E-state index is -0.0507. The van der Waals surface area contributed by atoms with E-state index >= 15 is 0 Å². The third kappa shape index (κ3) is 5.43. The van der Waals surface area contributed by atoms with Gasteiger partial charge in [-0.05, 0) is 55.2 Å². The number of carbonyl (C=O) groups excluding carboxylic acids is 1. The molecular formula is C25H27ClN2O4. The van der Waals surface area contributed by atoms with Gasteiger partial charge in [-0.15, -0.1) is 0 Å². The van der Waals surface area contributed by atoms with Crippen molar-refractivity contribution < 1.29 is 18.7 Å². The number of methoxy groups -OCH3 is 1. The molecule has 4 rings (SSSR count). The van der Waals surface area contributed by atoms with E-state index < -0.39 is 0 Å². The number of piperidine rings is 1. The second-order valence-electron chi connectivity index (χ2n) is 8.09. The predicted octanol–water partition coefficient (Wildman–Crippen LogP) is 5.02. The van der Waals surface area contributed by atoms with Gasteiger partial charge < -0.3 is 18.8 Å². The van der Waals surface area contributed by atoms with Crippen molar-refractivity contribution in [3.8, 4) is 11.5 Å². The number of halogens is 1. The smallest absolute Gasteiger partial charge is 0.260 e. The normalized spacial score (nSPS) is 16.1. The van der Waals surface area contributed by atoms with Crippen molar-refractivity contribution in [2.75, 3.05) is 26.8 Å². The number of hydrogen-bond donors (Lipinski definition) is 0. The summed E-state index contributed by atoms with van der Waals surface area (Å²) in [5.41, 5.74) is 2.18. The van der Waals surface area contributed by atoms with Crippen molar-refractivity contribution in [2.24, 2.45) is 0 Å². The van der Waals surface area contributed by atoms with Crippen LogP contribution in [0.3, 0.4) is 0 Å². The highest BCUT2D eigenvalue weighted by Gasteiger charge is 2.28. The number of oxazole rings is 1. The summed E-state index contributed by atoms with van der Waals surface area (Å²) in [6, 6.07) is 13.4. The van der Waals surface area contributed by atoms with Gasteiger partial charge in [-0.3, -0.25) is 4.79 Å². The second-order valence-corrected chi connectivity index (χ2v) is 8.53. The molecule has 0 N–H and O–H groups in total. The summed E-state index contributed by atoms with van der Waals surface area (Å²) in [5.74, 6) is 2.72. The van der Waals surface area contributed by atoms with Gasteiger partial charge >= 0.3 is 0 Å². The lowest BCUT2D eigenvalue weighted by Crippen LogP contribution is -2.41. The Bertz CT molecular complexity index is 1060. The largest absolute Gasteiger partial charge is 0.493 e. The Labute approximate surface area is 193 Å². The van der Waals surface area contributed by atoms with Gasteiger partial charge in [0, 0.05) is 24.5 Å². The van der Waals surface area contributed by atoms with Crippen molar-refractivity contribution in [1.29, 1.82) is 0 Å². The molecule has 7 heteroatoms. The van der Waals surface area contributed by atoms with Gasteiger partial charge in [0.25, 0.3) is 5.91 Å². The molecule has 1 aliphatic rings. The van der Waals surface area contributed by atoms with E-state index in [1.54, 1.807) is 13.3 Å². The molecule has 1 amide bonds. The summed E-state index contributed by atoms with van der Waals surface area (Å²) in [6.07, 6.45) is 4.28. The Balaban J connectivity index is 1.34. The van der Waals surface area contributed by atoms with Crippen LogP contribution in [0.4, 0.5) is 0 Å². The van der Waals surface area contributed by atoms with Crippen molar-refractivity contribution in [3.63, 3.8) is 0 Å². The first kappa shape index (κ1) is 22.2. The molecule has 1 unspecified atom stereocenters. The number of amides is 1. The van der Waals surface area contributed by atoms with Crippen molar-refractivity contribution >= 4 is 17.5 Å². The Hall–Kier alpha value is -2.99. The zero-order valence-corrected chi connectivity index (χ0v) is 19.1. The lowest BCUT2D eigenvalue weighted by Gasteiger charge is -2.31. The molecule has 0 radical (unpaired) electrons. The molecule has 1 saturated heterocycles. The highest BCUT2D eigenvalue weighted by molar-refractivity contribution is 6.30.